The zero-order chi connectivity index (χ0) is 25.7. The second-order valence-electron chi connectivity index (χ2n) is 9.67. The molecule has 1 atom stereocenters. The summed E-state index contributed by atoms with van der Waals surface area (Å²) in [5, 5.41) is 1.99. The number of hydrogen-bond donors (Lipinski definition) is 1. The van der Waals surface area contributed by atoms with Gasteiger partial charge in [0.05, 0.1) is 5.52 Å². The van der Waals surface area contributed by atoms with Gasteiger partial charge in [-0.25, -0.2) is 9.97 Å². The van der Waals surface area contributed by atoms with Crippen molar-refractivity contribution in [2.75, 3.05) is 18.0 Å². The second kappa shape index (κ2) is 9.12. The third-order valence-corrected chi connectivity index (χ3v) is 8.57. The number of para-hydroxylation sites is 1. The molecule has 0 bridgehead atoms. The van der Waals surface area contributed by atoms with E-state index in [1.54, 1.807) is 17.7 Å². The number of piperidine rings is 1. The summed E-state index contributed by atoms with van der Waals surface area (Å²) in [6.45, 7) is 3.38. The van der Waals surface area contributed by atoms with E-state index in [1.807, 2.05) is 49.4 Å². The van der Waals surface area contributed by atoms with Crippen LogP contribution < -0.4 is 15.8 Å². The molecule has 2 aromatic carbocycles. The third-order valence-electron chi connectivity index (χ3n) is 7.37. The van der Waals surface area contributed by atoms with Crippen molar-refractivity contribution in [1.29, 1.82) is 0 Å². The monoisotopic (exact) mass is 511 g/mol. The number of rotatable bonds is 4. The van der Waals surface area contributed by atoms with Gasteiger partial charge in [-0.3, -0.25) is 14.4 Å². The molecule has 0 spiro atoms. The summed E-state index contributed by atoms with van der Waals surface area (Å²) in [4.78, 5) is 52.1. The van der Waals surface area contributed by atoms with Gasteiger partial charge in [0.2, 0.25) is 5.78 Å². The number of aromatic nitrogens is 4. The van der Waals surface area contributed by atoms with Crippen molar-refractivity contribution >= 4 is 41.3 Å². The lowest BCUT2D eigenvalue weighted by Gasteiger charge is -2.32. The van der Waals surface area contributed by atoms with Gasteiger partial charge in [-0.15, -0.1) is 0 Å². The molecule has 3 aromatic heterocycles. The van der Waals surface area contributed by atoms with E-state index in [0.717, 1.165) is 58.6 Å². The van der Waals surface area contributed by atoms with Gasteiger partial charge in [0, 0.05) is 48.0 Å². The number of aryl methyl sites for hydroxylation is 2. The Balaban J connectivity index is 1.22. The summed E-state index contributed by atoms with van der Waals surface area (Å²) in [7, 11) is 1.80. The number of anilines is 1. The van der Waals surface area contributed by atoms with Gasteiger partial charge >= 0.3 is 0 Å². The molecule has 0 saturated carbocycles. The lowest BCUT2D eigenvalue weighted by Crippen LogP contribution is -2.35. The molecule has 9 heteroatoms. The van der Waals surface area contributed by atoms with E-state index >= 15 is 0 Å². The fraction of sp³-hybridized carbons (Fsp3) is 0.250. The minimum Gasteiger partial charge on any atom is -0.356 e. The Hall–Kier alpha value is -4.03. The van der Waals surface area contributed by atoms with Gasteiger partial charge in [0.25, 0.3) is 10.9 Å². The number of carbonyl (C=O) groups is 1. The number of benzene rings is 2. The number of carbonyl (C=O) groups excluding carboxylic acids is 1. The highest BCUT2D eigenvalue weighted by atomic mass is 31.0. The van der Waals surface area contributed by atoms with Crippen LogP contribution >= 0.6 is 8.19 Å². The van der Waals surface area contributed by atoms with Crippen LogP contribution in [0.2, 0.25) is 0 Å². The molecule has 1 saturated heterocycles. The SMILES string of the molecule is Cc1cc(C(=O)c2cc(N3CCC(c4cc5ccccc5[nH]c4=O)CC3)ncn2)cc2[pH]c(=O)n(C)c12. The second-order valence-corrected chi connectivity index (χ2v) is 10.9. The van der Waals surface area contributed by atoms with Gasteiger partial charge in [0.15, 0.2) is 0 Å². The first kappa shape index (κ1) is 23.4. The number of aromatic amines is 1. The Bertz CT molecular complexity index is 1790. The third kappa shape index (κ3) is 4.17. The topological polar surface area (TPSA) is 101 Å². The molecular weight excluding hydrogens is 485 g/mol. The maximum absolute atomic E-state index is 13.3. The zero-order valence-corrected chi connectivity index (χ0v) is 21.6. The molecule has 8 nitrogen and oxygen atoms in total. The Morgan fingerprint density at radius 1 is 1.05 bits per heavy atom. The molecule has 0 aliphatic carbocycles. The van der Waals surface area contributed by atoms with E-state index in [2.05, 4.69) is 19.9 Å². The maximum atomic E-state index is 13.3. The van der Waals surface area contributed by atoms with Crippen LogP contribution in [0.4, 0.5) is 5.82 Å². The fourth-order valence-corrected chi connectivity index (χ4v) is 6.65. The first-order valence-corrected chi connectivity index (χ1v) is 13.3. The van der Waals surface area contributed by atoms with E-state index in [1.165, 1.54) is 6.33 Å². The first-order valence-electron chi connectivity index (χ1n) is 12.3. The molecule has 5 aromatic rings. The minimum absolute atomic E-state index is 0.0229. The van der Waals surface area contributed by atoms with Gasteiger partial charge in [-0.05, 0) is 60.9 Å². The predicted octanol–water partition coefficient (Wildman–Crippen LogP) is 4.12. The van der Waals surface area contributed by atoms with Crippen molar-refractivity contribution < 1.29 is 4.79 Å². The average Bonchev–Trinajstić information content (AvgIpc) is 3.21. The fourth-order valence-electron chi connectivity index (χ4n) is 5.43. The Morgan fingerprint density at radius 2 is 1.84 bits per heavy atom. The smallest absolute Gasteiger partial charge is 0.265 e. The Labute approximate surface area is 214 Å². The number of pyridine rings is 1. The van der Waals surface area contributed by atoms with E-state index in [-0.39, 0.29) is 30.7 Å². The van der Waals surface area contributed by atoms with E-state index in [9.17, 15) is 14.4 Å². The van der Waals surface area contributed by atoms with E-state index in [0.29, 0.717) is 17.1 Å². The number of nitrogens with one attached hydrogen (secondary N) is 1. The molecule has 1 aliphatic rings. The van der Waals surface area contributed by atoms with Crippen LogP contribution in [0.3, 0.4) is 0 Å². The minimum atomic E-state index is -0.182. The molecule has 0 amide bonds. The number of ketones is 1. The Morgan fingerprint density at radius 3 is 2.65 bits per heavy atom. The molecule has 0 radical (unpaired) electrons. The summed E-state index contributed by atoms with van der Waals surface area (Å²) in [6.07, 6.45) is 3.07. The van der Waals surface area contributed by atoms with Gasteiger partial charge in [-0.2, -0.15) is 0 Å². The zero-order valence-electron chi connectivity index (χ0n) is 20.6. The van der Waals surface area contributed by atoms with Crippen molar-refractivity contribution in [2.45, 2.75) is 25.7 Å². The van der Waals surface area contributed by atoms with Gasteiger partial charge in [0.1, 0.15) is 17.8 Å². The molecule has 37 heavy (non-hydrogen) atoms. The summed E-state index contributed by atoms with van der Waals surface area (Å²) >= 11 is 0. The summed E-state index contributed by atoms with van der Waals surface area (Å²) in [5.41, 5.74) is 4.32. The largest absolute Gasteiger partial charge is 0.356 e. The van der Waals surface area contributed by atoms with E-state index in [4.69, 9.17) is 0 Å². The normalized spacial score (nSPS) is 14.7. The number of hydrogen-bond acceptors (Lipinski definition) is 6. The first-order chi connectivity index (χ1) is 17.9. The molecule has 1 unspecified atom stereocenters. The van der Waals surface area contributed by atoms with Crippen LogP contribution in [0, 0.1) is 6.92 Å². The molecule has 6 rings (SSSR count). The lowest BCUT2D eigenvalue weighted by atomic mass is 9.89. The number of fused-ring (bicyclic) bond motifs is 2. The highest BCUT2D eigenvalue weighted by molar-refractivity contribution is 7.35. The predicted molar refractivity (Wildman–Crippen MR) is 148 cm³/mol. The molecule has 4 heterocycles. The Kier molecular flexibility index (Phi) is 5.76. The molecule has 1 N–H and O–H groups in total. The number of H-pyrrole nitrogens is 1. The molecular formula is C28H26N5O3P. The van der Waals surface area contributed by atoms with Crippen LogP contribution in [0.1, 0.15) is 45.9 Å². The highest BCUT2D eigenvalue weighted by Crippen LogP contribution is 2.30. The van der Waals surface area contributed by atoms with Crippen molar-refractivity contribution in [3.05, 3.63) is 97.7 Å². The summed E-state index contributed by atoms with van der Waals surface area (Å²) in [5.74, 6) is 0.696. The van der Waals surface area contributed by atoms with Crippen molar-refractivity contribution in [1.82, 2.24) is 19.5 Å². The van der Waals surface area contributed by atoms with Crippen molar-refractivity contribution in [3.63, 3.8) is 0 Å². The van der Waals surface area contributed by atoms with Crippen molar-refractivity contribution in [2.24, 2.45) is 7.05 Å². The standard InChI is InChI=1S/C28H26N5O3P/c1-16-11-19(13-23-25(16)32(2)28(36)37-23)26(34)22-14-24(30-15-29-22)33-9-7-17(8-10-33)20-12-18-5-3-4-6-21(18)31-27(20)35/h3-6,11-15,17,37H,7-10H2,1-2H3,(H,31,35). The van der Waals surface area contributed by atoms with Gasteiger partial charge < -0.3 is 14.5 Å². The van der Waals surface area contributed by atoms with Gasteiger partial charge in [-0.1, -0.05) is 26.4 Å². The van der Waals surface area contributed by atoms with Crippen LogP contribution in [0.25, 0.3) is 21.5 Å². The highest BCUT2D eigenvalue weighted by Gasteiger charge is 2.25. The lowest BCUT2D eigenvalue weighted by molar-refractivity contribution is 0.103. The average molecular weight is 512 g/mol. The summed E-state index contributed by atoms with van der Waals surface area (Å²) < 4.78 is 1.66. The maximum Gasteiger partial charge on any atom is 0.265 e. The van der Waals surface area contributed by atoms with Crippen molar-refractivity contribution in [3.8, 4) is 0 Å². The molecule has 1 fully saturated rings. The number of nitrogens with zero attached hydrogens (tertiary/aromatic N) is 4. The van der Waals surface area contributed by atoms with Crippen LogP contribution in [-0.2, 0) is 7.05 Å². The summed E-state index contributed by atoms with van der Waals surface area (Å²) in [6, 6.07) is 15.2. The van der Waals surface area contributed by atoms with Crippen LogP contribution in [0.15, 0.2) is 64.4 Å². The van der Waals surface area contributed by atoms with Crippen LogP contribution in [0.5, 0.6) is 0 Å². The molecule has 1 aliphatic heterocycles. The van der Waals surface area contributed by atoms with E-state index < -0.39 is 0 Å². The quantitative estimate of drug-likeness (QED) is 0.364. The van der Waals surface area contributed by atoms with Crippen LogP contribution in [-0.4, -0.2) is 38.4 Å². The molecule has 186 valence electrons.